The molecule has 1 N–H and O–H groups in total. The van der Waals surface area contributed by atoms with Gasteiger partial charge in [0, 0.05) is 5.92 Å². The summed E-state index contributed by atoms with van der Waals surface area (Å²) in [5.74, 6) is -0.582. The molecule has 1 aromatic carbocycles. The molecular weight excluding hydrogens is 272 g/mol. The molecule has 0 aliphatic rings. The molecule has 2 rings (SSSR count). The largest absolute Gasteiger partial charge is 0.478 e. The monoisotopic (exact) mass is 290 g/mol. The average Bonchev–Trinajstić information content (AvgIpc) is 2.84. The fourth-order valence-corrected chi connectivity index (χ4v) is 2.33. The summed E-state index contributed by atoms with van der Waals surface area (Å²) >= 11 is 0. The molecule has 1 aromatic heterocycles. The van der Waals surface area contributed by atoms with Crippen molar-refractivity contribution in [2.75, 3.05) is 7.11 Å². The van der Waals surface area contributed by atoms with Gasteiger partial charge in [-0.25, -0.2) is 14.6 Å². The molecule has 112 valence electrons. The molecule has 1 unspecified atom stereocenters. The van der Waals surface area contributed by atoms with Crippen LogP contribution in [0.1, 0.15) is 48.9 Å². The summed E-state index contributed by atoms with van der Waals surface area (Å²) in [6.45, 7) is 5.66. The summed E-state index contributed by atoms with van der Waals surface area (Å²) in [6.07, 6.45) is 0. The van der Waals surface area contributed by atoms with E-state index in [0.717, 1.165) is 5.82 Å². The predicted molar refractivity (Wildman–Crippen MR) is 77.5 cm³/mol. The first-order valence-electron chi connectivity index (χ1n) is 6.69. The molecule has 0 saturated heterocycles. The molecule has 0 aliphatic heterocycles. The number of hydrogen-bond donors (Lipinski definition) is 1. The van der Waals surface area contributed by atoms with Crippen molar-refractivity contribution in [1.29, 1.82) is 0 Å². The Bertz CT molecular complexity index is 703. The first-order valence-corrected chi connectivity index (χ1v) is 6.69. The van der Waals surface area contributed by atoms with Gasteiger partial charge < -0.3 is 14.4 Å². The number of carboxylic acid groups (broad SMARTS) is 1. The molecule has 0 spiro atoms. The Hall–Kier alpha value is -2.37. The van der Waals surface area contributed by atoms with E-state index < -0.39 is 18.0 Å². The number of aromatic carboxylic acids is 1. The number of imidazole rings is 1. The van der Waals surface area contributed by atoms with Gasteiger partial charge in [-0.3, -0.25) is 0 Å². The zero-order chi connectivity index (χ0) is 15.7. The molecule has 0 aliphatic carbocycles. The van der Waals surface area contributed by atoms with Gasteiger partial charge in [0.05, 0.1) is 23.7 Å². The van der Waals surface area contributed by atoms with Crippen molar-refractivity contribution in [1.82, 2.24) is 9.55 Å². The fourth-order valence-electron chi connectivity index (χ4n) is 2.33. The second-order valence-corrected chi connectivity index (χ2v) is 5.20. The van der Waals surface area contributed by atoms with Gasteiger partial charge in [0.15, 0.2) is 0 Å². The first kappa shape index (κ1) is 15.0. The number of esters is 1. The second-order valence-electron chi connectivity index (χ2n) is 5.20. The summed E-state index contributed by atoms with van der Waals surface area (Å²) < 4.78 is 6.54. The Morgan fingerprint density at radius 1 is 1.29 bits per heavy atom. The minimum atomic E-state index is -1.01. The van der Waals surface area contributed by atoms with Gasteiger partial charge in [-0.05, 0) is 25.1 Å². The van der Waals surface area contributed by atoms with E-state index >= 15 is 0 Å². The van der Waals surface area contributed by atoms with E-state index in [9.17, 15) is 9.59 Å². The minimum Gasteiger partial charge on any atom is -0.478 e. The molecule has 21 heavy (non-hydrogen) atoms. The zero-order valence-corrected chi connectivity index (χ0v) is 12.5. The van der Waals surface area contributed by atoms with Crippen molar-refractivity contribution in [2.24, 2.45) is 0 Å². The number of carboxylic acids is 1. The summed E-state index contributed by atoms with van der Waals surface area (Å²) in [5.41, 5.74) is 1.45. The smallest absolute Gasteiger partial charge is 0.335 e. The summed E-state index contributed by atoms with van der Waals surface area (Å²) in [6, 6.07) is 4.14. The summed E-state index contributed by atoms with van der Waals surface area (Å²) in [7, 11) is 1.33. The van der Waals surface area contributed by atoms with E-state index in [1.807, 2.05) is 13.8 Å². The third kappa shape index (κ3) is 2.61. The fraction of sp³-hybridized carbons (Fsp3) is 0.400. The summed E-state index contributed by atoms with van der Waals surface area (Å²) in [4.78, 5) is 27.5. The maximum absolute atomic E-state index is 11.9. The second kappa shape index (κ2) is 5.55. The lowest BCUT2D eigenvalue weighted by molar-refractivity contribution is -0.144. The molecular formula is C15H18N2O4. The van der Waals surface area contributed by atoms with Crippen molar-refractivity contribution >= 4 is 23.0 Å². The Labute approximate surface area is 122 Å². The molecule has 0 fully saturated rings. The number of hydrogen-bond acceptors (Lipinski definition) is 4. The van der Waals surface area contributed by atoms with Gasteiger partial charge in [0.1, 0.15) is 11.9 Å². The normalized spacial score (nSPS) is 12.6. The van der Waals surface area contributed by atoms with Crippen molar-refractivity contribution in [3.05, 3.63) is 29.6 Å². The van der Waals surface area contributed by atoms with Gasteiger partial charge in [0.25, 0.3) is 0 Å². The zero-order valence-electron chi connectivity index (χ0n) is 12.5. The van der Waals surface area contributed by atoms with E-state index in [0.29, 0.717) is 11.0 Å². The van der Waals surface area contributed by atoms with Crippen molar-refractivity contribution in [3.63, 3.8) is 0 Å². The van der Waals surface area contributed by atoms with Gasteiger partial charge in [-0.1, -0.05) is 13.8 Å². The van der Waals surface area contributed by atoms with Crippen LogP contribution in [0.5, 0.6) is 0 Å². The van der Waals surface area contributed by atoms with E-state index in [1.165, 1.54) is 19.2 Å². The van der Waals surface area contributed by atoms with Crippen LogP contribution in [0, 0.1) is 0 Å². The van der Waals surface area contributed by atoms with Crippen molar-refractivity contribution in [3.8, 4) is 0 Å². The molecule has 0 radical (unpaired) electrons. The molecule has 1 heterocycles. The lowest BCUT2D eigenvalue weighted by atomic mass is 10.1. The van der Waals surface area contributed by atoms with Crippen LogP contribution in [0.4, 0.5) is 0 Å². The maximum atomic E-state index is 11.9. The van der Waals surface area contributed by atoms with Crippen LogP contribution in [0.3, 0.4) is 0 Å². The lowest BCUT2D eigenvalue weighted by Crippen LogP contribution is -2.20. The van der Waals surface area contributed by atoms with Gasteiger partial charge >= 0.3 is 11.9 Å². The van der Waals surface area contributed by atoms with Gasteiger partial charge in [-0.2, -0.15) is 0 Å². The van der Waals surface area contributed by atoms with E-state index in [-0.39, 0.29) is 11.5 Å². The molecule has 0 bridgehead atoms. The van der Waals surface area contributed by atoms with Gasteiger partial charge in [0.2, 0.25) is 0 Å². The quantitative estimate of drug-likeness (QED) is 0.875. The van der Waals surface area contributed by atoms with Crippen LogP contribution in [-0.2, 0) is 9.53 Å². The third-order valence-corrected chi connectivity index (χ3v) is 3.41. The highest BCUT2D eigenvalue weighted by molar-refractivity contribution is 5.93. The number of aromatic nitrogens is 2. The Kier molecular flexibility index (Phi) is 3.97. The topological polar surface area (TPSA) is 81.4 Å². The highest BCUT2D eigenvalue weighted by Gasteiger charge is 2.24. The number of ether oxygens (including phenoxy) is 1. The Balaban J connectivity index is 2.73. The third-order valence-electron chi connectivity index (χ3n) is 3.41. The number of methoxy groups -OCH3 is 1. The Morgan fingerprint density at radius 2 is 1.95 bits per heavy atom. The first-order chi connectivity index (χ1) is 9.86. The number of carbonyl (C=O) groups is 2. The molecule has 6 nitrogen and oxygen atoms in total. The van der Waals surface area contributed by atoms with Crippen LogP contribution < -0.4 is 0 Å². The van der Waals surface area contributed by atoms with E-state index in [2.05, 4.69) is 4.98 Å². The number of rotatable bonds is 4. The molecule has 6 heteroatoms. The van der Waals surface area contributed by atoms with E-state index in [1.54, 1.807) is 17.6 Å². The molecule has 0 saturated carbocycles. The molecule has 2 aromatic rings. The van der Waals surface area contributed by atoms with Crippen LogP contribution in [-0.4, -0.2) is 33.7 Å². The van der Waals surface area contributed by atoms with Crippen molar-refractivity contribution in [2.45, 2.75) is 32.7 Å². The number of fused-ring (bicyclic) bond motifs is 1. The number of carbonyl (C=O) groups excluding carboxylic acids is 1. The standard InChI is InChI=1S/C15H18N2O4/c1-8(2)13-16-11-6-5-10(14(18)19)7-12(11)17(13)9(3)15(20)21-4/h5-9H,1-4H3,(H,18,19). The SMILES string of the molecule is COC(=O)C(C)n1c(C(C)C)nc2ccc(C(=O)O)cc21. The number of benzene rings is 1. The Morgan fingerprint density at radius 3 is 2.48 bits per heavy atom. The van der Waals surface area contributed by atoms with Crippen LogP contribution >= 0.6 is 0 Å². The highest BCUT2D eigenvalue weighted by atomic mass is 16.5. The molecule has 1 atom stereocenters. The maximum Gasteiger partial charge on any atom is 0.335 e. The number of nitrogens with zero attached hydrogens (tertiary/aromatic N) is 2. The highest BCUT2D eigenvalue weighted by Crippen LogP contribution is 2.27. The summed E-state index contributed by atoms with van der Waals surface area (Å²) in [5, 5.41) is 9.12. The minimum absolute atomic E-state index is 0.0952. The average molecular weight is 290 g/mol. The predicted octanol–water partition coefficient (Wildman–Crippen LogP) is 2.59. The van der Waals surface area contributed by atoms with E-state index in [4.69, 9.17) is 9.84 Å². The van der Waals surface area contributed by atoms with Crippen molar-refractivity contribution < 1.29 is 19.4 Å². The lowest BCUT2D eigenvalue weighted by Gasteiger charge is -2.17. The van der Waals surface area contributed by atoms with Crippen LogP contribution in [0.25, 0.3) is 11.0 Å². The van der Waals surface area contributed by atoms with Crippen LogP contribution in [0.15, 0.2) is 18.2 Å². The van der Waals surface area contributed by atoms with Gasteiger partial charge in [-0.15, -0.1) is 0 Å². The van der Waals surface area contributed by atoms with Crippen LogP contribution in [0.2, 0.25) is 0 Å². The molecule has 0 amide bonds.